The Hall–Kier alpha value is -2.24. The van der Waals surface area contributed by atoms with E-state index < -0.39 is 11.6 Å². The number of benzene rings is 1. The zero-order valence-electron chi connectivity index (χ0n) is 20.0. The van der Waals surface area contributed by atoms with Crippen LogP contribution in [0.1, 0.15) is 62.5 Å². The molecular formula is C28H39N2O3+. The zero-order chi connectivity index (χ0) is 23.2. The number of hydrogen-bond donors (Lipinski definition) is 1. The fourth-order valence-electron chi connectivity index (χ4n) is 5.86. The van der Waals surface area contributed by atoms with Gasteiger partial charge < -0.3 is 14.3 Å². The fourth-order valence-corrected chi connectivity index (χ4v) is 5.86. The van der Waals surface area contributed by atoms with Gasteiger partial charge in [-0.3, -0.25) is 4.98 Å². The number of piperidine rings is 1. The lowest BCUT2D eigenvalue weighted by molar-refractivity contribution is -0.917. The molecule has 1 saturated heterocycles. The van der Waals surface area contributed by atoms with E-state index in [1.54, 1.807) is 0 Å². The van der Waals surface area contributed by atoms with Crippen molar-refractivity contribution in [3.05, 3.63) is 66.0 Å². The summed E-state index contributed by atoms with van der Waals surface area (Å²) in [5.41, 5.74) is 0.388. The van der Waals surface area contributed by atoms with Crippen LogP contribution in [0.25, 0.3) is 0 Å². The number of ether oxygens (including phenoxy) is 1. The molecule has 1 aromatic heterocycles. The van der Waals surface area contributed by atoms with Gasteiger partial charge in [0.15, 0.2) is 11.7 Å². The third-order valence-corrected chi connectivity index (χ3v) is 7.75. The minimum atomic E-state index is -1.55. The van der Waals surface area contributed by atoms with Crippen LogP contribution in [0, 0.1) is 5.92 Å². The van der Waals surface area contributed by atoms with Crippen LogP contribution in [-0.4, -0.2) is 53.3 Å². The van der Waals surface area contributed by atoms with Crippen molar-refractivity contribution in [2.45, 2.75) is 69.5 Å². The Labute approximate surface area is 198 Å². The van der Waals surface area contributed by atoms with E-state index in [-0.39, 0.29) is 12.0 Å². The Bertz CT molecular complexity index is 885. The van der Waals surface area contributed by atoms with Crippen LogP contribution >= 0.6 is 0 Å². The lowest BCUT2D eigenvalue weighted by Crippen LogP contribution is -2.55. The van der Waals surface area contributed by atoms with E-state index in [1.807, 2.05) is 48.8 Å². The van der Waals surface area contributed by atoms with Crippen LogP contribution in [0.3, 0.4) is 0 Å². The second-order valence-corrected chi connectivity index (χ2v) is 10.4. The summed E-state index contributed by atoms with van der Waals surface area (Å²) in [6, 6.07) is 13.6. The highest BCUT2D eigenvalue weighted by Crippen LogP contribution is 2.41. The van der Waals surface area contributed by atoms with Gasteiger partial charge in [-0.15, -0.1) is 0 Å². The molecule has 3 atom stereocenters. The maximum atomic E-state index is 13.6. The third-order valence-electron chi connectivity index (χ3n) is 7.75. The molecule has 5 nitrogen and oxygen atoms in total. The molecule has 2 aromatic rings. The normalized spacial score (nSPS) is 25.8. The Morgan fingerprint density at radius 3 is 2.61 bits per heavy atom. The molecule has 33 heavy (non-hydrogen) atoms. The van der Waals surface area contributed by atoms with Crippen LogP contribution in [0.2, 0.25) is 0 Å². The van der Waals surface area contributed by atoms with Gasteiger partial charge in [-0.1, -0.05) is 55.7 Å². The lowest BCUT2D eigenvalue weighted by atomic mass is 9.73. The maximum Gasteiger partial charge on any atom is 0.343 e. The number of quaternary nitrogens is 1. The third kappa shape index (κ3) is 5.82. The first-order chi connectivity index (χ1) is 16.0. The van der Waals surface area contributed by atoms with Gasteiger partial charge in [0.1, 0.15) is 6.54 Å². The summed E-state index contributed by atoms with van der Waals surface area (Å²) in [5, 5.41) is 11.8. The Kier molecular flexibility index (Phi) is 7.82. The number of carbonyl (C=O) groups excluding carboxylic acids is 1. The van der Waals surface area contributed by atoms with E-state index >= 15 is 0 Å². The molecule has 1 aliphatic heterocycles. The summed E-state index contributed by atoms with van der Waals surface area (Å²) in [6.45, 7) is 2.97. The van der Waals surface area contributed by atoms with Crippen molar-refractivity contribution in [2.24, 2.45) is 5.92 Å². The molecule has 1 saturated carbocycles. The summed E-state index contributed by atoms with van der Waals surface area (Å²) in [7, 11) is 2.27. The average Bonchev–Trinajstić information content (AvgIpc) is 2.85. The van der Waals surface area contributed by atoms with Gasteiger partial charge in [-0.05, 0) is 42.9 Å². The smallest absolute Gasteiger partial charge is 0.343 e. The molecule has 0 bridgehead atoms. The highest BCUT2D eigenvalue weighted by Gasteiger charge is 2.48. The van der Waals surface area contributed by atoms with Crippen LogP contribution in [-0.2, 0) is 21.6 Å². The largest absolute Gasteiger partial charge is 0.454 e. The number of pyridine rings is 1. The van der Waals surface area contributed by atoms with Gasteiger partial charge in [0.2, 0.25) is 0 Å². The molecule has 0 spiro atoms. The summed E-state index contributed by atoms with van der Waals surface area (Å²) in [6.07, 6.45) is 12.6. The molecule has 2 fully saturated rings. The number of aryl methyl sites for hydroxylation is 1. The Morgan fingerprint density at radius 2 is 1.88 bits per heavy atom. The van der Waals surface area contributed by atoms with E-state index in [4.69, 9.17) is 4.74 Å². The summed E-state index contributed by atoms with van der Waals surface area (Å²) in [4.78, 5) is 17.8. The molecule has 2 unspecified atom stereocenters. The average molecular weight is 452 g/mol. The van der Waals surface area contributed by atoms with Crippen molar-refractivity contribution in [3.8, 4) is 0 Å². The van der Waals surface area contributed by atoms with E-state index in [0.717, 1.165) is 75.5 Å². The number of likely N-dealkylation sites (tertiary alicyclic amines) is 1. The van der Waals surface area contributed by atoms with Crippen molar-refractivity contribution in [1.82, 2.24) is 4.98 Å². The van der Waals surface area contributed by atoms with Gasteiger partial charge in [0, 0.05) is 31.2 Å². The number of esters is 1. The first-order valence-corrected chi connectivity index (χ1v) is 12.7. The van der Waals surface area contributed by atoms with Crippen molar-refractivity contribution >= 4 is 5.97 Å². The van der Waals surface area contributed by atoms with Gasteiger partial charge >= 0.3 is 5.97 Å². The number of hydrogen-bond acceptors (Lipinski definition) is 4. The number of aromatic nitrogens is 1. The predicted octanol–water partition coefficient (Wildman–Crippen LogP) is 4.63. The topological polar surface area (TPSA) is 59.4 Å². The van der Waals surface area contributed by atoms with Crippen molar-refractivity contribution in [2.75, 3.05) is 26.7 Å². The second-order valence-electron chi connectivity index (χ2n) is 10.4. The number of rotatable bonds is 8. The first kappa shape index (κ1) is 23.9. The summed E-state index contributed by atoms with van der Waals surface area (Å²) >= 11 is 0. The zero-order valence-corrected chi connectivity index (χ0v) is 20.0. The van der Waals surface area contributed by atoms with Crippen LogP contribution in [0.5, 0.6) is 0 Å². The summed E-state index contributed by atoms with van der Waals surface area (Å²) < 4.78 is 7.02. The Morgan fingerprint density at radius 1 is 1.09 bits per heavy atom. The highest BCUT2D eigenvalue weighted by molar-refractivity contribution is 5.81. The van der Waals surface area contributed by atoms with Crippen molar-refractivity contribution < 1.29 is 19.1 Å². The standard InChI is InChI=1S/C28H39N2O3/c1-30(19-9-12-23-11-8-18-29-21-23)20-10-17-26(22-30)33-27(31)28(32,24-13-4-2-5-14-24)25-15-6-3-7-16-25/h2,4-5,8,11,13-14,18,21,25-26,32H,3,6-7,9-10,12,15-17,19-20,22H2,1H3/q+1/t26?,28?,30-/m1/s1. The molecule has 2 aliphatic rings. The van der Waals surface area contributed by atoms with Crippen LogP contribution in [0.4, 0.5) is 0 Å². The predicted molar refractivity (Wildman–Crippen MR) is 129 cm³/mol. The minimum absolute atomic E-state index is 0.0786. The summed E-state index contributed by atoms with van der Waals surface area (Å²) in [5.74, 6) is -0.528. The molecule has 1 aromatic carbocycles. The van der Waals surface area contributed by atoms with Gasteiger partial charge in [-0.25, -0.2) is 4.79 Å². The molecule has 178 valence electrons. The van der Waals surface area contributed by atoms with E-state index in [2.05, 4.69) is 18.1 Å². The molecule has 4 rings (SSSR count). The van der Waals surface area contributed by atoms with Crippen LogP contribution in [0.15, 0.2) is 54.9 Å². The highest BCUT2D eigenvalue weighted by atomic mass is 16.6. The van der Waals surface area contributed by atoms with Gasteiger partial charge in [-0.2, -0.15) is 0 Å². The molecule has 1 aliphatic carbocycles. The number of aliphatic hydroxyl groups is 1. The fraction of sp³-hybridized carbons (Fsp3) is 0.571. The van der Waals surface area contributed by atoms with Crippen molar-refractivity contribution in [3.63, 3.8) is 0 Å². The minimum Gasteiger partial charge on any atom is -0.454 e. The van der Waals surface area contributed by atoms with E-state index in [0.29, 0.717) is 5.56 Å². The lowest BCUT2D eigenvalue weighted by Gasteiger charge is -2.42. The second kappa shape index (κ2) is 10.8. The SMILES string of the molecule is C[N@@+]1(CCCc2cccnc2)CCCC(OC(=O)C(O)(c2ccccc2)C2CCCCC2)C1. The molecule has 5 heteroatoms. The number of nitrogens with zero attached hydrogens (tertiary/aromatic N) is 2. The van der Waals surface area contributed by atoms with Gasteiger partial charge in [0.25, 0.3) is 0 Å². The quantitative estimate of drug-likeness (QED) is 0.469. The molecule has 1 N–H and O–H groups in total. The first-order valence-electron chi connectivity index (χ1n) is 12.7. The van der Waals surface area contributed by atoms with E-state index in [1.165, 1.54) is 12.0 Å². The van der Waals surface area contributed by atoms with Gasteiger partial charge in [0.05, 0.1) is 20.1 Å². The van der Waals surface area contributed by atoms with Crippen molar-refractivity contribution in [1.29, 1.82) is 0 Å². The number of carbonyl (C=O) groups is 1. The monoisotopic (exact) mass is 451 g/mol. The molecule has 2 heterocycles. The van der Waals surface area contributed by atoms with E-state index in [9.17, 15) is 9.90 Å². The molecular weight excluding hydrogens is 412 g/mol. The maximum absolute atomic E-state index is 13.6. The molecule has 0 radical (unpaired) electrons. The number of likely N-dealkylation sites (N-methyl/N-ethyl adjacent to an activating group) is 1. The Balaban J connectivity index is 1.41. The molecule has 0 amide bonds. The van der Waals surface area contributed by atoms with Crippen LogP contribution < -0.4 is 0 Å².